The van der Waals surface area contributed by atoms with E-state index in [-0.39, 0.29) is 0 Å². The molecular formula is C10H13N. The molecule has 0 unspecified atom stereocenters. The fourth-order valence-corrected chi connectivity index (χ4v) is 1.03. The third-order valence-electron chi connectivity index (χ3n) is 1.63. The highest BCUT2D eigenvalue weighted by molar-refractivity contribution is 5.41. The predicted octanol–water partition coefficient (Wildman–Crippen LogP) is 2.51. The normalized spacial score (nSPS) is 23.8. The lowest BCUT2D eigenvalue weighted by molar-refractivity contribution is 1.08. The average Bonchev–Trinajstić information content (AvgIpc) is 2.27. The largest absolute Gasteiger partial charge is 0.361 e. The minimum Gasteiger partial charge on any atom is -0.361 e. The van der Waals surface area contributed by atoms with Crippen molar-refractivity contribution in [1.29, 1.82) is 0 Å². The zero-order valence-corrected chi connectivity index (χ0v) is 6.96. The van der Waals surface area contributed by atoms with E-state index >= 15 is 0 Å². The van der Waals surface area contributed by atoms with Gasteiger partial charge in [-0.1, -0.05) is 24.3 Å². The first-order chi connectivity index (χ1) is 5.38. The molecular weight excluding hydrogens is 134 g/mol. The Morgan fingerprint density at radius 3 is 2.64 bits per heavy atom. The third-order valence-corrected chi connectivity index (χ3v) is 1.63. The lowest BCUT2D eigenvalue weighted by Gasteiger charge is -2.04. The van der Waals surface area contributed by atoms with Gasteiger partial charge in [0.1, 0.15) is 0 Å². The first-order valence-electron chi connectivity index (χ1n) is 3.81. The molecule has 0 saturated carbocycles. The molecule has 58 valence electrons. The van der Waals surface area contributed by atoms with E-state index in [1.54, 1.807) is 0 Å². The van der Waals surface area contributed by atoms with Crippen LogP contribution in [-0.4, -0.2) is 0 Å². The van der Waals surface area contributed by atoms with Crippen LogP contribution in [0.3, 0.4) is 0 Å². The highest BCUT2D eigenvalue weighted by Gasteiger charge is 1.97. The van der Waals surface area contributed by atoms with E-state index < -0.39 is 0 Å². The third kappa shape index (κ3) is 1.84. The minimum atomic E-state index is 1.16. The van der Waals surface area contributed by atoms with Gasteiger partial charge in [-0.05, 0) is 25.5 Å². The van der Waals surface area contributed by atoms with Crippen LogP contribution in [0, 0.1) is 0 Å². The molecule has 1 aliphatic rings. The standard InChI is InChI=1S/C10H13N/c1-3-9-7-5-6-8-11-10(9)4-2/h3-8,11H,1-2H3. The molecule has 11 heavy (non-hydrogen) atoms. The number of allylic oxidation sites excluding steroid dienone is 5. The van der Waals surface area contributed by atoms with Gasteiger partial charge in [-0.3, -0.25) is 0 Å². The summed E-state index contributed by atoms with van der Waals surface area (Å²) >= 11 is 0. The summed E-state index contributed by atoms with van der Waals surface area (Å²) in [6.07, 6.45) is 12.2. The van der Waals surface area contributed by atoms with Gasteiger partial charge in [0.2, 0.25) is 0 Å². The van der Waals surface area contributed by atoms with Crippen molar-refractivity contribution >= 4 is 0 Å². The van der Waals surface area contributed by atoms with Crippen molar-refractivity contribution in [3.05, 3.63) is 47.9 Å². The minimum absolute atomic E-state index is 1.16. The van der Waals surface area contributed by atoms with Crippen LogP contribution in [0.4, 0.5) is 0 Å². The molecule has 0 aromatic rings. The Kier molecular flexibility index (Phi) is 2.73. The van der Waals surface area contributed by atoms with E-state index in [4.69, 9.17) is 0 Å². The van der Waals surface area contributed by atoms with E-state index in [1.807, 2.05) is 32.2 Å². The van der Waals surface area contributed by atoms with Crippen LogP contribution < -0.4 is 5.32 Å². The maximum Gasteiger partial charge on any atom is 0.0406 e. The zero-order chi connectivity index (χ0) is 8.10. The lowest BCUT2D eigenvalue weighted by atomic mass is 10.1. The first-order valence-corrected chi connectivity index (χ1v) is 3.81. The maximum atomic E-state index is 3.18. The Morgan fingerprint density at radius 1 is 1.18 bits per heavy atom. The van der Waals surface area contributed by atoms with Crippen LogP contribution >= 0.6 is 0 Å². The highest BCUT2D eigenvalue weighted by atomic mass is 14.8. The van der Waals surface area contributed by atoms with Crippen molar-refractivity contribution in [3.8, 4) is 0 Å². The van der Waals surface area contributed by atoms with Crippen LogP contribution in [0.1, 0.15) is 13.8 Å². The molecule has 0 aromatic heterocycles. The molecule has 0 aliphatic carbocycles. The molecule has 1 nitrogen and oxygen atoms in total. The van der Waals surface area contributed by atoms with Gasteiger partial charge in [-0.25, -0.2) is 0 Å². The van der Waals surface area contributed by atoms with Gasteiger partial charge in [-0.15, -0.1) is 0 Å². The Bertz CT molecular complexity index is 242. The molecule has 0 aromatic carbocycles. The van der Waals surface area contributed by atoms with Gasteiger partial charge < -0.3 is 5.32 Å². The second-order valence-corrected chi connectivity index (χ2v) is 2.31. The first kappa shape index (κ1) is 7.86. The molecule has 0 fully saturated rings. The van der Waals surface area contributed by atoms with Gasteiger partial charge in [0.25, 0.3) is 0 Å². The summed E-state index contributed by atoms with van der Waals surface area (Å²) < 4.78 is 0. The zero-order valence-electron chi connectivity index (χ0n) is 6.96. The summed E-state index contributed by atoms with van der Waals surface area (Å²) in [5.74, 6) is 0. The van der Waals surface area contributed by atoms with Crippen LogP contribution in [0.5, 0.6) is 0 Å². The van der Waals surface area contributed by atoms with Gasteiger partial charge in [0, 0.05) is 11.9 Å². The van der Waals surface area contributed by atoms with E-state index in [1.165, 1.54) is 5.57 Å². The van der Waals surface area contributed by atoms with E-state index in [0.717, 1.165) is 5.70 Å². The predicted molar refractivity (Wildman–Crippen MR) is 48.9 cm³/mol. The number of rotatable bonds is 0. The molecule has 0 amide bonds. The molecule has 0 bridgehead atoms. The number of nitrogens with one attached hydrogen (secondary N) is 1. The summed E-state index contributed by atoms with van der Waals surface area (Å²) in [4.78, 5) is 0. The Labute approximate surface area is 67.8 Å². The highest BCUT2D eigenvalue weighted by Crippen LogP contribution is 2.10. The monoisotopic (exact) mass is 147 g/mol. The topological polar surface area (TPSA) is 12.0 Å². The van der Waals surface area contributed by atoms with Gasteiger partial charge >= 0.3 is 0 Å². The molecule has 1 aliphatic heterocycles. The second-order valence-electron chi connectivity index (χ2n) is 2.31. The van der Waals surface area contributed by atoms with Crippen molar-refractivity contribution < 1.29 is 0 Å². The summed E-state index contributed by atoms with van der Waals surface area (Å²) in [6.45, 7) is 4.06. The molecule has 1 heteroatoms. The molecule has 1 N–H and O–H groups in total. The summed E-state index contributed by atoms with van der Waals surface area (Å²) in [5, 5.41) is 3.18. The van der Waals surface area contributed by atoms with Crippen molar-refractivity contribution in [2.75, 3.05) is 0 Å². The van der Waals surface area contributed by atoms with E-state index in [9.17, 15) is 0 Å². The molecule has 0 saturated heterocycles. The molecule has 1 heterocycles. The van der Waals surface area contributed by atoms with Crippen LogP contribution in [0.15, 0.2) is 47.9 Å². The summed E-state index contributed by atoms with van der Waals surface area (Å²) in [7, 11) is 0. The van der Waals surface area contributed by atoms with Crippen LogP contribution in [0.25, 0.3) is 0 Å². The maximum absolute atomic E-state index is 3.18. The van der Waals surface area contributed by atoms with Crippen molar-refractivity contribution in [2.45, 2.75) is 13.8 Å². The molecule has 0 radical (unpaired) electrons. The van der Waals surface area contributed by atoms with Crippen molar-refractivity contribution in [2.24, 2.45) is 0 Å². The van der Waals surface area contributed by atoms with E-state index in [2.05, 4.69) is 23.5 Å². The average molecular weight is 147 g/mol. The van der Waals surface area contributed by atoms with Crippen molar-refractivity contribution in [3.63, 3.8) is 0 Å². The van der Waals surface area contributed by atoms with Gasteiger partial charge in [-0.2, -0.15) is 0 Å². The smallest absolute Gasteiger partial charge is 0.0406 e. The Hall–Kier alpha value is -1.24. The molecule has 1 rings (SSSR count). The van der Waals surface area contributed by atoms with Crippen molar-refractivity contribution in [1.82, 2.24) is 5.32 Å². The summed E-state index contributed by atoms with van der Waals surface area (Å²) in [6, 6.07) is 0. The lowest BCUT2D eigenvalue weighted by Crippen LogP contribution is -2.04. The summed E-state index contributed by atoms with van der Waals surface area (Å²) in [5.41, 5.74) is 2.40. The molecule has 0 atom stereocenters. The Balaban J connectivity index is 2.94. The second kappa shape index (κ2) is 3.81. The Morgan fingerprint density at radius 2 is 2.00 bits per heavy atom. The van der Waals surface area contributed by atoms with E-state index in [0.29, 0.717) is 0 Å². The van der Waals surface area contributed by atoms with Gasteiger partial charge in [0.15, 0.2) is 0 Å². The van der Waals surface area contributed by atoms with Crippen LogP contribution in [0.2, 0.25) is 0 Å². The molecule has 0 spiro atoms. The fraction of sp³-hybridized carbons (Fsp3) is 0.200. The number of hydrogen-bond acceptors (Lipinski definition) is 1. The number of hydrogen-bond donors (Lipinski definition) is 1. The SMILES string of the molecule is CC=C1C=CC=CNC1=CC. The fourth-order valence-electron chi connectivity index (χ4n) is 1.03. The van der Waals surface area contributed by atoms with Gasteiger partial charge in [0.05, 0.1) is 0 Å². The quantitative estimate of drug-likeness (QED) is 0.555. The van der Waals surface area contributed by atoms with Crippen LogP contribution in [-0.2, 0) is 0 Å².